The van der Waals surface area contributed by atoms with Gasteiger partial charge in [0.15, 0.2) is 0 Å². The van der Waals surface area contributed by atoms with E-state index in [0.29, 0.717) is 10.7 Å². The number of anilines is 1. The van der Waals surface area contributed by atoms with Gasteiger partial charge < -0.3 is 4.90 Å². The van der Waals surface area contributed by atoms with Gasteiger partial charge in [-0.3, -0.25) is 4.79 Å². The van der Waals surface area contributed by atoms with E-state index in [4.69, 9.17) is 11.6 Å². The number of hydrogen-bond acceptors (Lipinski definition) is 3. The van der Waals surface area contributed by atoms with Crippen LogP contribution in [-0.2, 0) is 0 Å². The molecule has 0 N–H and O–H groups in total. The van der Waals surface area contributed by atoms with Crippen LogP contribution in [0.4, 0.5) is 5.82 Å². The van der Waals surface area contributed by atoms with Crippen molar-refractivity contribution in [3.8, 4) is 0 Å². The van der Waals surface area contributed by atoms with Gasteiger partial charge >= 0.3 is 0 Å². The van der Waals surface area contributed by atoms with Gasteiger partial charge in [-0.15, -0.1) is 0 Å². The van der Waals surface area contributed by atoms with Gasteiger partial charge in [-0.05, 0) is 31.4 Å². The Balaban J connectivity index is 2.25. The van der Waals surface area contributed by atoms with Crippen molar-refractivity contribution in [2.75, 3.05) is 18.0 Å². The van der Waals surface area contributed by atoms with Gasteiger partial charge in [0.05, 0.1) is 0 Å². The molecule has 4 heteroatoms. The summed E-state index contributed by atoms with van der Waals surface area (Å²) < 4.78 is 0. The van der Waals surface area contributed by atoms with Gasteiger partial charge in [-0.25, -0.2) is 4.98 Å². The lowest BCUT2D eigenvalue weighted by molar-refractivity contribution is 0.112. The molecule has 1 aromatic heterocycles. The first-order valence-corrected chi connectivity index (χ1v) is 5.55. The summed E-state index contributed by atoms with van der Waals surface area (Å²) in [6.45, 7) is 2.01. The fraction of sp³-hybridized carbons (Fsp3) is 0.455. The van der Waals surface area contributed by atoms with Crippen molar-refractivity contribution in [2.45, 2.75) is 19.3 Å². The third kappa shape index (κ3) is 2.48. The molecule has 0 radical (unpaired) electrons. The second-order valence-corrected chi connectivity index (χ2v) is 4.13. The Kier molecular flexibility index (Phi) is 3.21. The Morgan fingerprint density at radius 1 is 1.27 bits per heavy atom. The van der Waals surface area contributed by atoms with Gasteiger partial charge in [-0.1, -0.05) is 11.6 Å². The van der Waals surface area contributed by atoms with Crippen LogP contribution >= 0.6 is 11.6 Å². The number of piperidine rings is 1. The van der Waals surface area contributed by atoms with E-state index in [-0.39, 0.29) is 0 Å². The Labute approximate surface area is 94.1 Å². The van der Waals surface area contributed by atoms with E-state index in [1.54, 1.807) is 12.1 Å². The van der Waals surface area contributed by atoms with E-state index < -0.39 is 0 Å². The first-order chi connectivity index (χ1) is 7.29. The molecule has 0 amide bonds. The maximum absolute atomic E-state index is 10.7. The van der Waals surface area contributed by atoms with Crippen molar-refractivity contribution >= 4 is 23.7 Å². The molecular formula is C11H13ClN2O. The van der Waals surface area contributed by atoms with Crippen LogP contribution in [0.25, 0.3) is 0 Å². The molecule has 3 nitrogen and oxygen atoms in total. The number of rotatable bonds is 2. The molecule has 80 valence electrons. The van der Waals surface area contributed by atoms with Gasteiger partial charge in [0.2, 0.25) is 0 Å². The predicted molar refractivity (Wildman–Crippen MR) is 60.7 cm³/mol. The van der Waals surface area contributed by atoms with Gasteiger partial charge in [0, 0.05) is 18.7 Å². The summed E-state index contributed by atoms with van der Waals surface area (Å²) in [6, 6.07) is 3.38. The third-order valence-corrected chi connectivity index (χ3v) is 2.81. The van der Waals surface area contributed by atoms with Crippen LogP contribution in [0.5, 0.6) is 0 Å². The highest BCUT2D eigenvalue weighted by Crippen LogP contribution is 2.20. The van der Waals surface area contributed by atoms with E-state index in [0.717, 1.165) is 25.2 Å². The molecule has 1 fully saturated rings. The van der Waals surface area contributed by atoms with Crippen LogP contribution in [0.15, 0.2) is 12.1 Å². The minimum atomic E-state index is 0.389. The Hall–Kier alpha value is -1.09. The summed E-state index contributed by atoms with van der Waals surface area (Å²) in [6.07, 6.45) is 4.45. The van der Waals surface area contributed by atoms with Crippen LogP contribution in [0.3, 0.4) is 0 Å². The minimum absolute atomic E-state index is 0.389. The number of hydrogen-bond donors (Lipinski definition) is 0. The average Bonchev–Trinajstić information content (AvgIpc) is 2.29. The SMILES string of the molecule is O=Cc1cc(Cl)nc(N2CCCCC2)c1. The van der Waals surface area contributed by atoms with Gasteiger partial charge in [0.25, 0.3) is 0 Å². The fourth-order valence-electron chi connectivity index (χ4n) is 1.86. The summed E-state index contributed by atoms with van der Waals surface area (Å²) in [5, 5.41) is 0.389. The molecule has 1 saturated heterocycles. The molecule has 0 aromatic carbocycles. The van der Waals surface area contributed by atoms with Crippen LogP contribution in [0, 0.1) is 0 Å². The zero-order valence-corrected chi connectivity index (χ0v) is 9.20. The number of aromatic nitrogens is 1. The van der Waals surface area contributed by atoms with E-state index in [9.17, 15) is 4.79 Å². The number of aldehydes is 1. The zero-order chi connectivity index (χ0) is 10.7. The quantitative estimate of drug-likeness (QED) is 0.572. The highest BCUT2D eigenvalue weighted by molar-refractivity contribution is 6.29. The molecule has 2 rings (SSSR count). The normalized spacial score (nSPS) is 16.5. The number of pyridine rings is 1. The van der Waals surface area contributed by atoms with E-state index in [1.807, 2.05) is 0 Å². The topological polar surface area (TPSA) is 33.2 Å². The monoisotopic (exact) mass is 224 g/mol. The molecular weight excluding hydrogens is 212 g/mol. The fourth-order valence-corrected chi connectivity index (χ4v) is 2.07. The second kappa shape index (κ2) is 4.62. The number of carbonyl (C=O) groups excluding carboxylic acids is 1. The maximum atomic E-state index is 10.7. The number of nitrogens with zero attached hydrogens (tertiary/aromatic N) is 2. The highest BCUT2D eigenvalue weighted by Gasteiger charge is 2.13. The summed E-state index contributed by atoms with van der Waals surface area (Å²) in [5.74, 6) is 0.823. The summed E-state index contributed by atoms with van der Waals surface area (Å²) in [4.78, 5) is 17.1. The van der Waals surface area contributed by atoms with E-state index in [2.05, 4.69) is 9.88 Å². The Bertz CT molecular complexity index is 362. The summed E-state index contributed by atoms with van der Waals surface area (Å²) in [7, 11) is 0. The van der Waals surface area contributed by atoms with Crippen molar-refractivity contribution in [1.29, 1.82) is 0 Å². The van der Waals surface area contributed by atoms with Crippen LogP contribution in [0.2, 0.25) is 5.15 Å². The van der Waals surface area contributed by atoms with E-state index >= 15 is 0 Å². The molecule has 1 aromatic rings. The zero-order valence-electron chi connectivity index (χ0n) is 8.45. The standard InChI is InChI=1S/C11H13ClN2O/c12-10-6-9(8-15)7-11(13-10)14-4-2-1-3-5-14/h6-8H,1-5H2. The number of carbonyl (C=O) groups is 1. The molecule has 0 spiro atoms. The second-order valence-electron chi connectivity index (χ2n) is 3.75. The lowest BCUT2D eigenvalue weighted by atomic mass is 10.1. The largest absolute Gasteiger partial charge is 0.357 e. The van der Waals surface area contributed by atoms with Gasteiger partial charge in [-0.2, -0.15) is 0 Å². The molecule has 0 aliphatic carbocycles. The van der Waals surface area contributed by atoms with Crippen molar-refractivity contribution in [3.63, 3.8) is 0 Å². The van der Waals surface area contributed by atoms with Crippen LogP contribution in [-0.4, -0.2) is 24.4 Å². The number of halogens is 1. The van der Waals surface area contributed by atoms with E-state index in [1.165, 1.54) is 19.3 Å². The smallest absolute Gasteiger partial charge is 0.150 e. The maximum Gasteiger partial charge on any atom is 0.150 e. The summed E-state index contributed by atoms with van der Waals surface area (Å²) in [5.41, 5.74) is 0.593. The molecule has 0 saturated carbocycles. The first kappa shape index (κ1) is 10.4. The van der Waals surface area contributed by atoms with Crippen LogP contribution < -0.4 is 4.90 Å². The van der Waals surface area contributed by atoms with Crippen molar-refractivity contribution in [1.82, 2.24) is 4.98 Å². The van der Waals surface area contributed by atoms with Crippen molar-refractivity contribution in [2.24, 2.45) is 0 Å². The molecule has 15 heavy (non-hydrogen) atoms. The molecule has 1 aliphatic heterocycles. The molecule has 1 aliphatic rings. The third-order valence-electron chi connectivity index (χ3n) is 2.62. The minimum Gasteiger partial charge on any atom is -0.357 e. The molecule has 0 bridgehead atoms. The highest BCUT2D eigenvalue weighted by atomic mass is 35.5. The van der Waals surface area contributed by atoms with Crippen LogP contribution in [0.1, 0.15) is 29.6 Å². The molecule has 0 atom stereocenters. The van der Waals surface area contributed by atoms with Gasteiger partial charge in [0.1, 0.15) is 17.3 Å². The first-order valence-electron chi connectivity index (χ1n) is 5.17. The van der Waals surface area contributed by atoms with Crippen molar-refractivity contribution in [3.05, 3.63) is 22.8 Å². The molecule has 2 heterocycles. The predicted octanol–water partition coefficient (Wildman–Crippen LogP) is 2.54. The lowest BCUT2D eigenvalue weighted by Gasteiger charge is -2.27. The Morgan fingerprint density at radius 2 is 2.00 bits per heavy atom. The summed E-state index contributed by atoms with van der Waals surface area (Å²) >= 11 is 5.85. The van der Waals surface area contributed by atoms with Crippen molar-refractivity contribution < 1.29 is 4.79 Å². The lowest BCUT2D eigenvalue weighted by Crippen LogP contribution is -2.30. The average molecular weight is 225 g/mol. The Morgan fingerprint density at radius 3 is 2.67 bits per heavy atom. The molecule has 0 unspecified atom stereocenters.